The maximum atomic E-state index is 12.9. The van der Waals surface area contributed by atoms with E-state index in [0.717, 1.165) is 18.4 Å². The molecule has 1 aromatic heterocycles. The van der Waals surface area contributed by atoms with Crippen molar-refractivity contribution in [2.75, 3.05) is 19.0 Å². The smallest absolute Gasteiger partial charge is 0.270 e. The Kier molecular flexibility index (Phi) is 8.17. The molecule has 7 heteroatoms. The van der Waals surface area contributed by atoms with Crippen LogP contribution in [0.5, 0.6) is 0 Å². The summed E-state index contributed by atoms with van der Waals surface area (Å²) in [6.07, 6.45) is 2.39. The number of unbranched alkanes of at least 4 members (excludes halogenated alkanes) is 1. The number of benzene rings is 1. The lowest BCUT2D eigenvalue weighted by Crippen LogP contribution is -2.29. The van der Waals surface area contributed by atoms with Crippen LogP contribution in [0.1, 0.15) is 65.2 Å². The minimum atomic E-state index is -0.962. The number of rotatable bonds is 9. The van der Waals surface area contributed by atoms with E-state index in [1.165, 1.54) is 0 Å². The van der Waals surface area contributed by atoms with Gasteiger partial charge in [0.1, 0.15) is 5.69 Å². The molecule has 0 bridgehead atoms. The van der Waals surface area contributed by atoms with E-state index in [2.05, 4.69) is 15.6 Å². The fourth-order valence-corrected chi connectivity index (χ4v) is 2.99. The van der Waals surface area contributed by atoms with Gasteiger partial charge in [0.25, 0.3) is 11.8 Å². The van der Waals surface area contributed by atoms with Crippen molar-refractivity contribution in [2.45, 2.75) is 45.1 Å². The number of hydrogen-bond donors (Lipinski definition) is 2. The van der Waals surface area contributed by atoms with Gasteiger partial charge in [0, 0.05) is 30.6 Å². The van der Waals surface area contributed by atoms with Crippen molar-refractivity contribution >= 4 is 29.1 Å². The van der Waals surface area contributed by atoms with Crippen LogP contribution >= 0.6 is 11.6 Å². The van der Waals surface area contributed by atoms with Crippen LogP contribution in [-0.4, -0.2) is 30.5 Å². The molecule has 0 aliphatic carbocycles. The lowest BCUT2D eigenvalue weighted by atomic mass is 10.1. The van der Waals surface area contributed by atoms with Crippen LogP contribution in [0.15, 0.2) is 36.4 Å². The average molecular weight is 418 g/mol. The van der Waals surface area contributed by atoms with Gasteiger partial charge in [0.2, 0.25) is 0 Å². The number of aromatic nitrogens is 1. The summed E-state index contributed by atoms with van der Waals surface area (Å²) in [7, 11) is 1.54. The number of halogens is 1. The van der Waals surface area contributed by atoms with Gasteiger partial charge in [-0.1, -0.05) is 44.0 Å². The molecule has 29 heavy (non-hydrogen) atoms. The number of ether oxygens (including phenoxy) is 1. The summed E-state index contributed by atoms with van der Waals surface area (Å²) in [4.78, 5) is 29.7. The lowest BCUT2D eigenvalue weighted by molar-refractivity contribution is 0.0584. The number of aryl methyl sites for hydroxylation is 1. The number of carbonyl (C=O) groups is 2. The number of nitrogens with one attached hydrogen (secondary N) is 2. The van der Waals surface area contributed by atoms with Crippen LogP contribution in [0.4, 0.5) is 5.69 Å². The summed E-state index contributed by atoms with van der Waals surface area (Å²) in [6, 6.07) is 10.5. The third kappa shape index (κ3) is 5.78. The van der Waals surface area contributed by atoms with Gasteiger partial charge >= 0.3 is 0 Å². The van der Waals surface area contributed by atoms with Crippen molar-refractivity contribution in [3.63, 3.8) is 0 Å². The van der Waals surface area contributed by atoms with Gasteiger partial charge in [-0.25, -0.2) is 4.98 Å². The number of carbonyl (C=O) groups excluding carboxylic acids is 2. The minimum absolute atomic E-state index is 0.117. The molecule has 1 atom stereocenters. The monoisotopic (exact) mass is 417 g/mol. The zero-order valence-corrected chi connectivity index (χ0v) is 18.1. The molecule has 156 valence electrons. The van der Waals surface area contributed by atoms with Crippen LogP contribution in [0.3, 0.4) is 0 Å². The molecule has 6 nitrogen and oxygen atoms in total. The highest BCUT2D eigenvalue weighted by Crippen LogP contribution is 2.34. The highest BCUT2D eigenvalue weighted by atomic mass is 35.5. The molecule has 0 aliphatic rings. The van der Waals surface area contributed by atoms with E-state index in [1.54, 1.807) is 44.4 Å². The molecule has 1 unspecified atom stereocenters. The Hall–Kier alpha value is -2.44. The summed E-state index contributed by atoms with van der Waals surface area (Å²) in [5.41, 5.74) is 2.29. The third-order valence-electron chi connectivity index (χ3n) is 4.64. The largest absolute Gasteiger partial charge is 0.359 e. The predicted octanol–water partition coefficient (Wildman–Crippen LogP) is 4.62. The Morgan fingerprint density at radius 1 is 1.17 bits per heavy atom. The van der Waals surface area contributed by atoms with Crippen molar-refractivity contribution in [2.24, 2.45) is 0 Å². The first-order chi connectivity index (χ1) is 13.8. The van der Waals surface area contributed by atoms with Crippen LogP contribution < -0.4 is 10.6 Å². The van der Waals surface area contributed by atoms with E-state index in [9.17, 15) is 9.59 Å². The van der Waals surface area contributed by atoms with Gasteiger partial charge in [-0.15, -0.1) is 0 Å². The zero-order valence-electron chi connectivity index (χ0n) is 17.3. The SMILES string of the molecule is CCCCNC(=O)c1nc(C)ccc1C(=O)Nc1cccc(C(Cl)(CC)OC)c1. The van der Waals surface area contributed by atoms with Gasteiger partial charge < -0.3 is 15.4 Å². The Morgan fingerprint density at radius 3 is 2.59 bits per heavy atom. The second-order valence-corrected chi connectivity index (χ2v) is 7.39. The van der Waals surface area contributed by atoms with Crippen LogP contribution in [0.2, 0.25) is 0 Å². The first-order valence-corrected chi connectivity index (χ1v) is 10.1. The lowest BCUT2D eigenvalue weighted by Gasteiger charge is -2.25. The molecule has 0 saturated heterocycles. The molecule has 1 aromatic carbocycles. The molecular weight excluding hydrogens is 390 g/mol. The number of pyridine rings is 1. The minimum Gasteiger partial charge on any atom is -0.359 e. The summed E-state index contributed by atoms with van der Waals surface area (Å²) in [6.45, 7) is 6.29. The van der Waals surface area contributed by atoms with E-state index in [0.29, 0.717) is 24.3 Å². The highest BCUT2D eigenvalue weighted by molar-refractivity contribution is 6.23. The number of nitrogens with zero attached hydrogens (tertiary/aromatic N) is 1. The highest BCUT2D eigenvalue weighted by Gasteiger charge is 2.27. The first-order valence-electron chi connectivity index (χ1n) is 9.76. The Morgan fingerprint density at radius 2 is 1.93 bits per heavy atom. The van der Waals surface area contributed by atoms with Gasteiger partial charge in [-0.2, -0.15) is 0 Å². The summed E-state index contributed by atoms with van der Waals surface area (Å²) in [5.74, 6) is -0.768. The van der Waals surface area contributed by atoms with Crippen molar-refractivity contribution in [3.05, 3.63) is 58.9 Å². The molecule has 2 aromatic rings. The normalized spacial score (nSPS) is 12.9. The molecule has 0 saturated carbocycles. The number of methoxy groups -OCH3 is 1. The molecular formula is C22H28ClN3O3. The molecule has 0 fully saturated rings. The topological polar surface area (TPSA) is 80.3 Å². The number of amides is 2. The second kappa shape index (κ2) is 10.4. The van der Waals surface area contributed by atoms with Crippen molar-refractivity contribution in [1.29, 1.82) is 0 Å². The van der Waals surface area contributed by atoms with Crippen LogP contribution in [-0.2, 0) is 9.80 Å². The van der Waals surface area contributed by atoms with Gasteiger partial charge in [0.15, 0.2) is 5.06 Å². The van der Waals surface area contributed by atoms with E-state index in [-0.39, 0.29) is 17.2 Å². The van der Waals surface area contributed by atoms with Gasteiger partial charge in [-0.05, 0) is 44.0 Å². The van der Waals surface area contributed by atoms with Gasteiger partial charge in [0.05, 0.1) is 5.56 Å². The molecule has 1 heterocycles. The van der Waals surface area contributed by atoms with E-state index < -0.39 is 11.0 Å². The summed E-state index contributed by atoms with van der Waals surface area (Å²) in [5, 5.41) is 4.68. The first kappa shape index (κ1) is 22.8. The van der Waals surface area contributed by atoms with Gasteiger partial charge in [-0.3, -0.25) is 9.59 Å². The van der Waals surface area contributed by atoms with E-state index in [1.807, 2.05) is 19.9 Å². The third-order valence-corrected chi connectivity index (χ3v) is 5.28. The molecule has 2 rings (SSSR count). The maximum absolute atomic E-state index is 12.9. The number of hydrogen-bond acceptors (Lipinski definition) is 4. The number of anilines is 1. The second-order valence-electron chi connectivity index (χ2n) is 6.78. The van der Waals surface area contributed by atoms with E-state index in [4.69, 9.17) is 16.3 Å². The van der Waals surface area contributed by atoms with Crippen molar-refractivity contribution < 1.29 is 14.3 Å². The quantitative estimate of drug-likeness (QED) is 0.460. The van der Waals surface area contributed by atoms with Crippen molar-refractivity contribution in [1.82, 2.24) is 10.3 Å². The Bertz CT molecular complexity index is 866. The molecule has 2 amide bonds. The molecule has 0 radical (unpaired) electrons. The predicted molar refractivity (Wildman–Crippen MR) is 115 cm³/mol. The Balaban J connectivity index is 2.26. The summed E-state index contributed by atoms with van der Waals surface area (Å²) >= 11 is 6.51. The van der Waals surface area contributed by atoms with Crippen LogP contribution in [0.25, 0.3) is 0 Å². The fourth-order valence-electron chi connectivity index (χ4n) is 2.87. The number of alkyl halides is 1. The molecule has 0 aliphatic heterocycles. The average Bonchev–Trinajstić information content (AvgIpc) is 2.73. The zero-order chi connectivity index (χ0) is 21.4. The summed E-state index contributed by atoms with van der Waals surface area (Å²) < 4.78 is 5.42. The Labute approximate surface area is 177 Å². The van der Waals surface area contributed by atoms with E-state index >= 15 is 0 Å². The molecule has 0 spiro atoms. The standard InChI is InChI=1S/C22H28ClN3O3/c1-5-7-13-24-21(28)19-18(12-11-15(3)25-19)20(27)26-17-10-8-9-16(14-17)22(23,6-2)29-4/h8-12,14H,5-7,13H2,1-4H3,(H,24,28)(H,26,27). The van der Waals surface area contributed by atoms with Crippen molar-refractivity contribution in [3.8, 4) is 0 Å². The molecule has 2 N–H and O–H groups in total. The van der Waals surface area contributed by atoms with Crippen LogP contribution in [0, 0.1) is 6.92 Å². The fraction of sp³-hybridized carbons (Fsp3) is 0.409. The maximum Gasteiger partial charge on any atom is 0.270 e.